The highest BCUT2D eigenvalue weighted by molar-refractivity contribution is 6.73. The van der Waals surface area contributed by atoms with Crippen LogP contribution in [0, 0.1) is 0 Å². The zero-order chi connectivity index (χ0) is 10.9. The van der Waals surface area contributed by atoms with E-state index in [-0.39, 0.29) is 11.7 Å². The topological polar surface area (TPSA) is 38.9 Å². The summed E-state index contributed by atoms with van der Waals surface area (Å²) in [6.45, 7) is -1.43. The van der Waals surface area contributed by atoms with Crippen LogP contribution in [-0.2, 0) is 0 Å². The average molecular weight is 203 g/mol. The van der Waals surface area contributed by atoms with Crippen molar-refractivity contribution in [2.24, 2.45) is 0 Å². The van der Waals surface area contributed by atoms with Crippen LogP contribution in [0.5, 0.6) is 0 Å². The number of nitrogen functional groups attached to an aromatic ring is 1. The number of hydrogen-bond acceptors (Lipinski definition) is 2. The molecule has 1 heterocycles. The molecule has 0 fully saturated rings. The minimum atomic E-state index is -4.98. The Morgan fingerprint density at radius 2 is 1.93 bits per heavy atom. The number of rotatable bonds is 2. The van der Waals surface area contributed by atoms with E-state index >= 15 is 0 Å². The van der Waals surface area contributed by atoms with Gasteiger partial charge in [-0.25, -0.2) is 4.98 Å². The van der Waals surface area contributed by atoms with Crippen LogP contribution in [0.15, 0.2) is 12.3 Å². The van der Waals surface area contributed by atoms with E-state index in [1.54, 1.807) is 13.8 Å². The quantitative estimate of drug-likeness (QED) is 0.744. The number of halogens is 3. The predicted molar refractivity (Wildman–Crippen MR) is 51.5 cm³/mol. The Hall–Kier alpha value is -1.20. The second-order valence-electron chi connectivity index (χ2n) is 3.47. The first-order valence-corrected chi connectivity index (χ1v) is 4.27. The van der Waals surface area contributed by atoms with Crippen molar-refractivity contribution in [1.29, 1.82) is 0 Å². The summed E-state index contributed by atoms with van der Waals surface area (Å²) in [4.78, 5) is 3.54. The number of nitrogens with two attached hydrogens (primary N) is 1. The van der Waals surface area contributed by atoms with Gasteiger partial charge in [-0.15, -0.1) is 0 Å². The van der Waals surface area contributed by atoms with E-state index in [2.05, 4.69) is 4.98 Å². The van der Waals surface area contributed by atoms with Crippen molar-refractivity contribution in [2.75, 3.05) is 5.73 Å². The fraction of sp³-hybridized carbons (Fsp3) is 0.375. The van der Waals surface area contributed by atoms with Gasteiger partial charge in [0.1, 0.15) is 5.82 Å². The van der Waals surface area contributed by atoms with E-state index < -0.39 is 12.4 Å². The third-order valence-corrected chi connectivity index (χ3v) is 1.97. The predicted octanol–water partition coefficient (Wildman–Crippen LogP) is 1.84. The van der Waals surface area contributed by atoms with Gasteiger partial charge in [-0.3, -0.25) is 0 Å². The van der Waals surface area contributed by atoms with Gasteiger partial charge in [0, 0.05) is 6.20 Å². The smallest absolute Gasteiger partial charge is 0.445 e. The maximum atomic E-state index is 12.3. The van der Waals surface area contributed by atoms with Crippen molar-refractivity contribution in [3.63, 3.8) is 0 Å². The molecule has 2 N–H and O–H groups in total. The standard InChI is InChI=1S/C8H11BF3N2/c1-5(2)7-3-6(9(10,11)12)4-14-8(7)13/h3-5H,1-2H3,(H2,13,14)/q-1. The van der Waals surface area contributed by atoms with Crippen LogP contribution in [0.4, 0.5) is 18.8 Å². The number of anilines is 1. The number of pyridine rings is 1. The van der Waals surface area contributed by atoms with Crippen molar-refractivity contribution < 1.29 is 12.9 Å². The normalized spacial score (nSPS) is 12.1. The van der Waals surface area contributed by atoms with Crippen molar-refractivity contribution >= 4 is 18.3 Å². The molecule has 0 aliphatic rings. The lowest BCUT2D eigenvalue weighted by atomic mass is 9.80. The first kappa shape index (κ1) is 10.9. The molecule has 6 heteroatoms. The molecular formula is C8H11BF3N2-. The minimum absolute atomic E-state index is 0.0550. The zero-order valence-corrected chi connectivity index (χ0v) is 7.97. The van der Waals surface area contributed by atoms with Crippen LogP contribution in [0.2, 0.25) is 0 Å². The van der Waals surface area contributed by atoms with Crippen molar-refractivity contribution in [1.82, 2.24) is 4.98 Å². The monoisotopic (exact) mass is 203 g/mol. The Morgan fingerprint density at radius 3 is 2.36 bits per heavy atom. The van der Waals surface area contributed by atoms with Gasteiger partial charge >= 0.3 is 6.98 Å². The molecule has 0 aliphatic carbocycles. The summed E-state index contributed by atoms with van der Waals surface area (Å²) in [7, 11) is 0. The molecule has 0 spiro atoms. The molecule has 0 bridgehead atoms. The SMILES string of the molecule is CC(C)c1cc([B-](F)(F)F)cnc1N. The molecule has 0 aromatic carbocycles. The lowest BCUT2D eigenvalue weighted by molar-refractivity contribution is 0.500. The minimum Gasteiger partial charge on any atom is -0.445 e. The molecule has 0 saturated heterocycles. The van der Waals surface area contributed by atoms with Crippen molar-refractivity contribution in [3.8, 4) is 0 Å². The van der Waals surface area contributed by atoms with Crippen LogP contribution in [0.3, 0.4) is 0 Å². The van der Waals surface area contributed by atoms with E-state index in [0.717, 1.165) is 12.3 Å². The molecule has 0 atom stereocenters. The third-order valence-electron chi connectivity index (χ3n) is 1.97. The Labute approximate surface area is 80.4 Å². The van der Waals surface area contributed by atoms with Crippen LogP contribution in [0.1, 0.15) is 25.3 Å². The molecule has 0 unspecified atom stereocenters. The number of nitrogens with zero attached hydrogens (tertiary/aromatic N) is 1. The van der Waals surface area contributed by atoms with Gasteiger partial charge in [0.15, 0.2) is 0 Å². The molecule has 0 radical (unpaired) electrons. The van der Waals surface area contributed by atoms with Crippen LogP contribution < -0.4 is 11.2 Å². The third kappa shape index (κ3) is 2.18. The van der Waals surface area contributed by atoms with Crippen LogP contribution >= 0.6 is 0 Å². The van der Waals surface area contributed by atoms with E-state index in [4.69, 9.17) is 5.73 Å². The molecule has 1 rings (SSSR count). The zero-order valence-electron chi connectivity index (χ0n) is 7.97. The van der Waals surface area contributed by atoms with Crippen LogP contribution in [0.25, 0.3) is 0 Å². The fourth-order valence-corrected chi connectivity index (χ4v) is 1.15. The van der Waals surface area contributed by atoms with E-state index in [1.165, 1.54) is 0 Å². The lowest BCUT2D eigenvalue weighted by Crippen LogP contribution is -2.35. The lowest BCUT2D eigenvalue weighted by Gasteiger charge is -2.17. The Morgan fingerprint density at radius 1 is 1.36 bits per heavy atom. The van der Waals surface area contributed by atoms with Gasteiger partial charge in [0.25, 0.3) is 0 Å². The summed E-state index contributed by atoms with van der Waals surface area (Å²) >= 11 is 0. The Balaban J connectivity index is 3.20. The van der Waals surface area contributed by atoms with Crippen LogP contribution in [-0.4, -0.2) is 12.0 Å². The molecular weight excluding hydrogens is 192 g/mol. The first-order chi connectivity index (χ1) is 6.32. The van der Waals surface area contributed by atoms with Gasteiger partial charge < -0.3 is 18.7 Å². The number of hydrogen-bond donors (Lipinski definition) is 1. The second-order valence-corrected chi connectivity index (χ2v) is 3.47. The summed E-state index contributed by atoms with van der Waals surface area (Å²) in [5, 5.41) is 0. The molecule has 14 heavy (non-hydrogen) atoms. The average Bonchev–Trinajstić information content (AvgIpc) is 2.02. The first-order valence-electron chi connectivity index (χ1n) is 4.27. The number of aromatic nitrogens is 1. The van der Waals surface area contributed by atoms with E-state index in [1.807, 2.05) is 0 Å². The highest BCUT2D eigenvalue weighted by atomic mass is 19.4. The van der Waals surface area contributed by atoms with Crippen molar-refractivity contribution in [3.05, 3.63) is 17.8 Å². The molecule has 0 saturated carbocycles. The summed E-state index contributed by atoms with van der Waals surface area (Å²) in [5.41, 5.74) is 5.22. The van der Waals surface area contributed by atoms with Gasteiger partial charge in [0.2, 0.25) is 0 Å². The second kappa shape index (κ2) is 3.51. The summed E-state index contributed by atoms with van der Waals surface area (Å²) < 4.78 is 37.0. The molecule has 0 amide bonds. The molecule has 78 valence electrons. The Bertz CT molecular complexity index is 336. The molecule has 1 aromatic rings. The largest absolute Gasteiger partial charge is 0.511 e. The Kier molecular flexibility index (Phi) is 2.73. The highest BCUT2D eigenvalue weighted by Gasteiger charge is 2.26. The van der Waals surface area contributed by atoms with E-state index in [9.17, 15) is 12.9 Å². The molecule has 0 aliphatic heterocycles. The van der Waals surface area contributed by atoms with Gasteiger partial charge in [-0.05, 0) is 11.5 Å². The molecule has 2 nitrogen and oxygen atoms in total. The highest BCUT2D eigenvalue weighted by Crippen LogP contribution is 2.20. The summed E-state index contributed by atoms with van der Waals surface area (Å²) in [5.74, 6) is 0.115. The van der Waals surface area contributed by atoms with Gasteiger partial charge in [0.05, 0.1) is 0 Å². The summed E-state index contributed by atoms with van der Waals surface area (Å²) in [6.07, 6.45) is 0.779. The van der Waals surface area contributed by atoms with E-state index in [0.29, 0.717) is 5.56 Å². The molecule has 1 aromatic heterocycles. The maximum Gasteiger partial charge on any atom is 0.511 e. The fourth-order valence-electron chi connectivity index (χ4n) is 1.15. The van der Waals surface area contributed by atoms with Gasteiger partial charge in [-0.2, -0.15) is 0 Å². The summed E-state index contributed by atoms with van der Waals surface area (Å²) in [6, 6.07) is 1.08. The van der Waals surface area contributed by atoms with Gasteiger partial charge in [-0.1, -0.05) is 25.4 Å². The maximum absolute atomic E-state index is 12.3. The van der Waals surface area contributed by atoms with Crippen molar-refractivity contribution in [2.45, 2.75) is 19.8 Å².